The van der Waals surface area contributed by atoms with Gasteiger partial charge in [0.15, 0.2) is 0 Å². The minimum Gasteiger partial charge on any atom is -0.494 e. The molecule has 0 aliphatic carbocycles. The third-order valence-electron chi connectivity index (χ3n) is 2.97. The average Bonchev–Trinajstić information content (AvgIpc) is 2.89. The van der Waals surface area contributed by atoms with Crippen molar-refractivity contribution in [1.29, 1.82) is 0 Å². The molecule has 108 valence electrons. The molecule has 1 aromatic heterocycles. The summed E-state index contributed by atoms with van der Waals surface area (Å²) in [6.07, 6.45) is 1.02. The van der Waals surface area contributed by atoms with Gasteiger partial charge in [-0.15, -0.1) is 11.3 Å². The highest BCUT2D eigenvalue weighted by atomic mass is 35.5. The van der Waals surface area contributed by atoms with E-state index in [1.807, 2.05) is 18.2 Å². The van der Waals surface area contributed by atoms with Crippen molar-refractivity contribution >= 4 is 22.9 Å². The Morgan fingerprint density at radius 2 is 1.90 bits per heavy atom. The second-order valence-corrected chi connectivity index (χ2v) is 6.30. The molecule has 1 aromatic carbocycles. The van der Waals surface area contributed by atoms with Crippen molar-refractivity contribution in [2.75, 3.05) is 13.2 Å². The van der Waals surface area contributed by atoms with Crippen LogP contribution in [0.2, 0.25) is 4.34 Å². The number of hydrogen-bond acceptors (Lipinski definition) is 3. The molecule has 1 heterocycles. The van der Waals surface area contributed by atoms with E-state index < -0.39 is 0 Å². The quantitative estimate of drug-likeness (QED) is 0.786. The molecular weight excluding hydrogens is 290 g/mol. The van der Waals surface area contributed by atoms with Crippen LogP contribution in [-0.2, 0) is 0 Å². The zero-order chi connectivity index (χ0) is 14.4. The lowest BCUT2D eigenvalue weighted by Gasteiger charge is -2.17. The molecule has 1 atom stereocenters. The first kappa shape index (κ1) is 15.4. The van der Waals surface area contributed by atoms with Gasteiger partial charge in [0.25, 0.3) is 0 Å². The fraction of sp³-hybridized carbons (Fsp3) is 0.375. The normalized spacial score (nSPS) is 12.3. The molecule has 0 saturated carbocycles. The van der Waals surface area contributed by atoms with Gasteiger partial charge in [0.05, 0.1) is 17.0 Å². The van der Waals surface area contributed by atoms with Crippen molar-refractivity contribution in [3.05, 3.63) is 51.2 Å². The van der Waals surface area contributed by atoms with Gasteiger partial charge in [-0.1, -0.05) is 37.6 Å². The second-order valence-electron chi connectivity index (χ2n) is 4.55. The summed E-state index contributed by atoms with van der Waals surface area (Å²) in [5.74, 6) is 0.926. The monoisotopic (exact) mass is 309 g/mol. The molecule has 2 rings (SSSR count). The van der Waals surface area contributed by atoms with Crippen LogP contribution in [0.1, 0.15) is 36.8 Å². The van der Waals surface area contributed by atoms with E-state index in [1.54, 1.807) is 11.3 Å². The third kappa shape index (κ3) is 3.98. The van der Waals surface area contributed by atoms with E-state index in [1.165, 1.54) is 10.4 Å². The van der Waals surface area contributed by atoms with Gasteiger partial charge in [-0.2, -0.15) is 0 Å². The Hall–Kier alpha value is -1.03. The SMILES string of the molecule is CCCOc1ccc(C(NCC)c2ccc(Cl)s2)cc1. The lowest BCUT2D eigenvalue weighted by Crippen LogP contribution is -2.20. The first-order valence-electron chi connectivity index (χ1n) is 6.96. The predicted molar refractivity (Wildman–Crippen MR) is 87.1 cm³/mol. The van der Waals surface area contributed by atoms with Crippen LogP contribution in [0.15, 0.2) is 36.4 Å². The molecule has 0 radical (unpaired) electrons. The minimum atomic E-state index is 0.192. The Labute approximate surface area is 129 Å². The Morgan fingerprint density at radius 1 is 1.15 bits per heavy atom. The maximum atomic E-state index is 6.05. The number of thiophene rings is 1. The van der Waals surface area contributed by atoms with Crippen LogP contribution in [0.3, 0.4) is 0 Å². The molecule has 20 heavy (non-hydrogen) atoms. The number of benzene rings is 1. The number of ether oxygens (including phenoxy) is 1. The molecule has 0 aliphatic rings. The molecule has 2 nitrogen and oxygen atoms in total. The third-order valence-corrected chi connectivity index (χ3v) is 4.27. The van der Waals surface area contributed by atoms with Crippen molar-refractivity contribution in [1.82, 2.24) is 5.32 Å². The standard InChI is InChI=1S/C16H20ClNOS/c1-3-11-19-13-7-5-12(6-8-13)16(18-4-2)14-9-10-15(17)20-14/h5-10,16,18H,3-4,11H2,1-2H3. The first-order valence-corrected chi connectivity index (χ1v) is 8.15. The summed E-state index contributed by atoms with van der Waals surface area (Å²) in [4.78, 5) is 1.24. The van der Waals surface area contributed by atoms with Crippen molar-refractivity contribution in [2.24, 2.45) is 0 Å². The van der Waals surface area contributed by atoms with Gasteiger partial charge in [-0.25, -0.2) is 0 Å². The zero-order valence-corrected chi connectivity index (χ0v) is 13.4. The number of rotatable bonds is 7. The summed E-state index contributed by atoms with van der Waals surface area (Å²) in [7, 11) is 0. The van der Waals surface area contributed by atoms with E-state index in [4.69, 9.17) is 16.3 Å². The molecule has 0 aliphatic heterocycles. The number of nitrogens with one attached hydrogen (secondary N) is 1. The van der Waals surface area contributed by atoms with Crippen molar-refractivity contribution in [3.8, 4) is 5.75 Å². The van der Waals surface area contributed by atoms with Crippen LogP contribution in [0.5, 0.6) is 5.75 Å². The lowest BCUT2D eigenvalue weighted by molar-refractivity contribution is 0.317. The summed E-state index contributed by atoms with van der Waals surface area (Å²) in [6.45, 7) is 5.89. The van der Waals surface area contributed by atoms with Crippen LogP contribution in [0.4, 0.5) is 0 Å². The van der Waals surface area contributed by atoms with Crippen LogP contribution in [-0.4, -0.2) is 13.2 Å². The second kappa shape index (κ2) is 7.67. The van der Waals surface area contributed by atoms with Gasteiger partial charge in [-0.05, 0) is 42.8 Å². The summed E-state index contributed by atoms with van der Waals surface area (Å²) < 4.78 is 6.45. The fourth-order valence-corrected chi connectivity index (χ4v) is 3.21. The highest BCUT2D eigenvalue weighted by Crippen LogP contribution is 2.31. The molecule has 4 heteroatoms. The summed E-state index contributed by atoms with van der Waals surface area (Å²) >= 11 is 7.67. The smallest absolute Gasteiger partial charge is 0.119 e. The van der Waals surface area contributed by atoms with Crippen LogP contribution in [0, 0.1) is 0 Å². The summed E-state index contributed by atoms with van der Waals surface area (Å²) in [5, 5.41) is 3.50. The van der Waals surface area contributed by atoms with E-state index in [9.17, 15) is 0 Å². The highest BCUT2D eigenvalue weighted by Gasteiger charge is 2.15. The van der Waals surface area contributed by atoms with Crippen LogP contribution < -0.4 is 10.1 Å². The molecule has 1 unspecified atom stereocenters. The Balaban J connectivity index is 2.17. The molecular formula is C16H20ClNOS. The van der Waals surface area contributed by atoms with Crippen molar-refractivity contribution in [2.45, 2.75) is 26.3 Å². The highest BCUT2D eigenvalue weighted by molar-refractivity contribution is 7.16. The van der Waals surface area contributed by atoms with Gasteiger partial charge in [0.1, 0.15) is 5.75 Å². The van der Waals surface area contributed by atoms with E-state index in [2.05, 4.69) is 37.4 Å². The Bertz CT molecular complexity index is 524. The van der Waals surface area contributed by atoms with Gasteiger partial charge < -0.3 is 10.1 Å². The molecule has 2 aromatic rings. The Morgan fingerprint density at radius 3 is 2.45 bits per heavy atom. The molecule has 0 fully saturated rings. The van der Waals surface area contributed by atoms with Crippen LogP contribution >= 0.6 is 22.9 Å². The predicted octanol–water partition coefficient (Wildman–Crippen LogP) is 4.89. The minimum absolute atomic E-state index is 0.192. The molecule has 1 N–H and O–H groups in total. The largest absolute Gasteiger partial charge is 0.494 e. The maximum Gasteiger partial charge on any atom is 0.119 e. The van der Waals surface area contributed by atoms with E-state index >= 15 is 0 Å². The molecule has 0 saturated heterocycles. The van der Waals surface area contributed by atoms with E-state index in [-0.39, 0.29) is 6.04 Å². The summed E-state index contributed by atoms with van der Waals surface area (Å²) in [6, 6.07) is 12.5. The lowest BCUT2D eigenvalue weighted by atomic mass is 10.1. The molecule has 0 amide bonds. The van der Waals surface area contributed by atoms with Crippen molar-refractivity contribution < 1.29 is 4.74 Å². The van der Waals surface area contributed by atoms with E-state index in [0.717, 1.165) is 29.7 Å². The zero-order valence-electron chi connectivity index (χ0n) is 11.9. The fourth-order valence-electron chi connectivity index (χ4n) is 2.05. The van der Waals surface area contributed by atoms with Gasteiger partial charge >= 0.3 is 0 Å². The first-order chi connectivity index (χ1) is 9.74. The maximum absolute atomic E-state index is 6.05. The number of halogens is 1. The topological polar surface area (TPSA) is 21.3 Å². The van der Waals surface area contributed by atoms with Crippen LogP contribution in [0.25, 0.3) is 0 Å². The van der Waals surface area contributed by atoms with Gasteiger partial charge in [0, 0.05) is 4.88 Å². The van der Waals surface area contributed by atoms with Gasteiger partial charge in [0.2, 0.25) is 0 Å². The summed E-state index contributed by atoms with van der Waals surface area (Å²) in [5.41, 5.74) is 1.23. The average molecular weight is 310 g/mol. The van der Waals surface area contributed by atoms with E-state index in [0.29, 0.717) is 0 Å². The molecule has 0 bridgehead atoms. The van der Waals surface area contributed by atoms with Crippen molar-refractivity contribution in [3.63, 3.8) is 0 Å². The van der Waals surface area contributed by atoms with Gasteiger partial charge in [-0.3, -0.25) is 0 Å². The molecule has 0 spiro atoms. The number of hydrogen-bond donors (Lipinski definition) is 1. The Kier molecular flexibility index (Phi) is 5.89.